The SMILES string of the molecule is C1=Cc2ccc3c(ccc4c5ccccc5ccc34)c2[Si]1. The number of hydrogen-bond acceptors (Lipinski definition) is 0. The molecular formula is C20H12Si. The molecule has 4 aromatic rings. The Hall–Kier alpha value is -2.38. The Balaban J connectivity index is 2.00. The molecule has 2 radical (unpaired) electrons. The standard InChI is InChI=1S/C20H12Si/c1-2-4-15-13(3-1)5-7-17-16(15)9-10-19-18(17)8-6-14-11-12-21-20(14)19/h1-12H. The molecule has 1 heterocycles. The van der Waals surface area contributed by atoms with Crippen LogP contribution in [0.4, 0.5) is 0 Å². The molecule has 1 aliphatic heterocycles. The third-order valence-corrected chi connectivity index (χ3v) is 5.63. The Morgan fingerprint density at radius 3 is 2.29 bits per heavy atom. The summed E-state index contributed by atoms with van der Waals surface area (Å²) in [6.45, 7) is 0. The Morgan fingerprint density at radius 2 is 1.29 bits per heavy atom. The molecule has 0 aliphatic carbocycles. The van der Waals surface area contributed by atoms with Crippen LogP contribution in [-0.4, -0.2) is 9.52 Å². The Bertz CT molecular complexity index is 1060. The second kappa shape index (κ2) is 4.06. The molecule has 0 atom stereocenters. The maximum Gasteiger partial charge on any atom is 0.113 e. The van der Waals surface area contributed by atoms with Crippen molar-refractivity contribution in [3.05, 3.63) is 71.9 Å². The van der Waals surface area contributed by atoms with Crippen LogP contribution >= 0.6 is 0 Å². The summed E-state index contributed by atoms with van der Waals surface area (Å²) >= 11 is 0. The molecule has 0 bridgehead atoms. The maximum atomic E-state index is 2.31. The van der Waals surface area contributed by atoms with Gasteiger partial charge in [-0.25, -0.2) is 0 Å². The molecule has 0 saturated heterocycles. The van der Waals surface area contributed by atoms with Gasteiger partial charge in [0.2, 0.25) is 0 Å². The van der Waals surface area contributed by atoms with Gasteiger partial charge in [-0.2, -0.15) is 0 Å². The molecule has 0 nitrogen and oxygen atoms in total. The van der Waals surface area contributed by atoms with Crippen molar-refractivity contribution in [2.24, 2.45) is 0 Å². The quantitative estimate of drug-likeness (QED) is 0.329. The largest absolute Gasteiger partial charge is 0.113 e. The highest BCUT2D eigenvalue weighted by Gasteiger charge is 2.12. The molecule has 5 rings (SSSR count). The van der Waals surface area contributed by atoms with Crippen LogP contribution in [-0.2, 0) is 0 Å². The van der Waals surface area contributed by atoms with Crippen molar-refractivity contribution >= 4 is 53.1 Å². The lowest BCUT2D eigenvalue weighted by atomic mass is 9.96. The summed E-state index contributed by atoms with van der Waals surface area (Å²) in [6.07, 6.45) is 2.25. The van der Waals surface area contributed by atoms with Gasteiger partial charge in [-0.05, 0) is 43.1 Å². The Kier molecular flexibility index (Phi) is 2.18. The third-order valence-electron chi connectivity index (χ3n) is 4.45. The first-order chi connectivity index (χ1) is 10.4. The molecule has 0 fully saturated rings. The number of rotatable bonds is 0. The fourth-order valence-corrected chi connectivity index (χ4v) is 4.57. The number of fused-ring (bicyclic) bond motifs is 7. The summed E-state index contributed by atoms with van der Waals surface area (Å²) in [4.78, 5) is 0. The highest BCUT2D eigenvalue weighted by molar-refractivity contribution is 6.66. The zero-order valence-electron chi connectivity index (χ0n) is 11.4. The molecule has 0 aromatic heterocycles. The van der Waals surface area contributed by atoms with Crippen molar-refractivity contribution in [1.82, 2.24) is 0 Å². The molecule has 0 spiro atoms. The van der Waals surface area contributed by atoms with Crippen LogP contribution in [0.5, 0.6) is 0 Å². The van der Waals surface area contributed by atoms with Gasteiger partial charge in [0.25, 0.3) is 0 Å². The van der Waals surface area contributed by atoms with Gasteiger partial charge < -0.3 is 0 Å². The van der Waals surface area contributed by atoms with Gasteiger partial charge in [-0.3, -0.25) is 0 Å². The molecule has 4 aromatic carbocycles. The van der Waals surface area contributed by atoms with E-state index in [9.17, 15) is 0 Å². The van der Waals surface area contributed by atoms with Gasteiger partial charge in [-0.15, -0.1) is 0 Å². The monoisotopic (exact) mass is 280 g/mol. The minimum Gasteiger partial charge on any atom is -0.0927 e. The van der Waals surface area contributed by atoms with E-state index in [2.05, 4.69) is 72.4 Å². The second-order valence-electron chi connectivity index (χ2n) is 5.55. The van der Waals surface area contributed by atoms with Gasteiger partial charge in [-0.1, -0.05) is 72.4 Å². The molecule has 0 amide bonds. The minimum absolute atomic E-state index is 0.805. The van der Waals surface area contributed by atoms with Gasteiger partial charge >= 0.3 is 0 Å². The summed E-state index contributed by atoms with van der Waals surface area (Å²) in [6, 6.07) is 22.3. The normalized spacial score (nSPS) is 13.3. The summed E-state index contributed by atoms with van der Waals surface area (Å²) in [7, 11) is 0.805. The topological polar surface area (TPSA) is 0 Å². The summed E-state index contributed by atoms with van der Waals surface area (Å²) in [5.74, 6) is 0. The molecule has 1 aliphatic rings. The molecule has 0 N–H and O–H groups in total. The smallest absolute Gasteiger partial charge is 0.0927 e. The van der Waals surface area contributed by atoms with Gasteiger partial charge in [0.15, 0.2) is 0 Å². The lowest BCUT2D eigenvalue weighted by Crippen LogP contribution is -2.12. The molecular weight excluding hydrogens is 268 g/mol. The third kappa shape index (κ3) is 1.49. The minimum atomic E-state index is 0.805. The number of hydrogen-bond donors (Lipinski definition) is 0. The maximum absolute atomic E-state index is 2.31. The molecule has 0 unspecified atom stereocenters. The summed E-state index contributed by atoms with van der Waals surface area (Å²) < 4.78 is 0. The van der Waals surface area contributed by atoms with Crippen LogP contribution in [0.25, 0.3) is 38.4 Å². The first-order valence-electron chi connectivity index (χ1n) is 7.22. The van der Waals surface area contributed by atoms with E-state index in [4.69, 9.17) is 0 Å². The van der Waals surface area contributed by atoms with E-state index >= 15 is 0 Å². The molecule has 21 heavy (non-hydrogen) atoms. The van der Waals surface area contributed by atoms with E-state index in [-0.39, 0.29) is 0 Å². The van der Waals surface area contributed by atoms with Crippen molar-refractivity contribution in [1.29, 1.82) is 0 Å². The van der Waals surface area contributed by atoms with E-state index in [0.29, 0.717) is 0 Å². The first-order valence-corrected chi connectivity index (χ1v) is 8.30. The number of benzene rings is 4. The highest BCUT2D eigenvalue weighted by atomic mass is 28.2. The van der Waals surface area contributed by atoms with E-state index in [1.165, 1.54) is 43.1 Å². The van der Waals surface area contributed by atoms with E-state index in [0.717, 1.165) is 9.52 Å². The van der Waals surface area contributed by atoms with Gasteiger partial charge in [0, 0.05) is 0 Å². The van der Waals surface area contributed by atoms with Crippen LogP contribution in [0.2, 0.25) is 0 Å². The molecule has 1 heteroatoms. The first kappa shape index (κ1) is 11.3. The van der Waals surface area contributed by atoms with E-state index < -0.39 is 0 Å². The fourth-order valence-electron chi connectivity index (χ4n) is 3.44. The Morgan fingerprint density at radius 1 is 0.571 bits per heavy atom. The van der Waals surface area contributed by atoms with Crippen LogP contribution in [0.3, 0.4) is 0 Å². The van der Waals surface area contributed by atoms with Crippen molar-refractivity contribution in [3.8, 4) is 0 Å². The zero-order chi connectivity index (χ0) is 13.8. The van der Waals surface area contributed by atoms with Crippen molar-refractivity contribution < 1.29 is 0 Å². The predicted molar refractivity (Wildman–Crippen MR) is 93.4 cm³/mol. The lowest BCUT2D eigenvalue weighted by Gasteiger charge is -2.10. The summed E-state index contributed by atoms with van der Waals surface area (Å²) in [5.41, 5.74) is 3.68. The zero-order valence-corrected chi connectivity index (χ0v) is 12.4. The molecule has 0 saturated carbocycles. The van der Waals surface area contributed by atoms with Crippen molar-refractivity contribution in [3.63, 3.8) is 0 Å². The fraction of sp³-hybridized carbons (Fsp3) is 0. The van der Waals surface area contributed by atoms with Crippen LogP contribution < -0.4 is 5.19 Å². The van der Waals surface area contributed by atoms with E-state index in [1.54, 1.807) is 0 Å². The van der Waals surface area contributed by atoms with Crippen molar-refractivity contribution in [2.75, 3.05) is 0 Å². The van der Waals surface area contributed by atoms with Crippen LogP contribution in [0.15, 0.2) is 66.4 Å². The lowest BCUT2D eigenvalue weighted by molar-refractivity contribution is 1.77. The summed E-state index contributed by atoms with van der Waals surface area (Å²) in [5, 5.41) is 9.68. The van der Waals surface area contributed by atoms with Crippen molar-refractivity contribution in [2.45, 2.75) is 0 Å². The average Bonchev–Trinajstić information content (AvgIpc) is 3.03. The molecule has 96 valence electrons. The second-order valence-corrected chi connectivity index (χ2v) is 6.67. The highest BCUT2D eigenvalue weighted by Crippen LogP contribution is 2.31. The van der Waals surface area contributed by atoms with Crippen LogP contribution in [0.1, 0.15) is 5.56 Å². The van der Waals surface area contributed by atoms with Gasteiger partial charge in [0.05, 0.1) is 0 Å². The Labute approximate surface area is 125 Å². The van der Waals surface area contributed by atoms with Crippen LogP contribution in [0, 0.1) is 0 Å². The average molecular weight is 280 g/mol. The van der Waals surface area contributed by atoms with Gasteiger partial charge in [0.1, 0.15) is 9.52 Å². The predicted octanol–water partition coefficient (Wildman–Crippen LogP) is 4.46. The van der Waals surface area contributed by atoms with E-state index in [1.807, 2.05) is 0 Å².